The van der Waals surface area contributed by atoms with Gasteiger partial charge in [-0.15, -0.1) is 0 Å². The van der Waals surface area contributed by atoms with Gasteiger partial charge in [-0.05, 0) is 49.3 Å². The highest BCUT2D eigenvalue weighted by atomic mass is 16.5. The Morgan fingerprint density at radius 2 is 2.04 bits per heavy atom. The fourth-order valence-corrected chi connectivity index (χ4v) is 2.96. The second-order valence-corrected chi connectivity index (χ2v) is 7.01. The molecule has 1 aliphatic rings. The average Bonchev–Trinajstić information content (AvgIpc) is 2.54. The van der Waals surface area contributed by atoms with Crippen LogP contribution < -0.4 is 15.8 Å². The molecule has 2 unspecified atom stereocenters. The van der Waals surface area contributed by atoms with E-state index in [-0.39, 0.29) is 17.9 Å². The molecule has 1 amide bonds. The molecule has 0 spiro atoms. The number of hydrogen-bond acceptors (Lipinski definition) is 3. The van der Waals surface area contributed by atoms with Gasteiger partial charge in [-0.3, -0.25) is 4.79 Å². The Morgan fingerprint density at radius 1 is 1.30 bits per heavy atom. The van der Waals surface area contributed by atoms with Gasteiger partial charge < -0.3 is 15.8 Å². The van der Waals surface area contributed by atoms with Crippen LogP contribution in [0.4, 0.5) is 0 Å². The minimum Gasteiger partial charge on any atom is -0.493 e. The predicted octanol–water partition coefficient (Wildman–Crippen LogP) is 2.90. The van der Waals surface area contributed by atoms with Gasteiger partial charge in [0.1, 0.15) is 5.75 Å². The van der Waals surface area contributed by atoms with E-state index in [2.05, 4.69) is 31.3 Å². The van der Waals surface area contributed by atoms with E-state index in [1.165, 1.54) is 5.56 Å². The van der Waals surface area contributed by atoms with E-state index in [0.29, 0.717) is 12.5 Å². The molecule has 2 atom stereocenters. The first-order valence-electron chi connectivity index (χ1n) is 8.79. The van der Waals surface area contributed by atoms with Crippen LogP contribution in [0.25, 0.3) is 0 Å². The zero-order chi connectivity index (χ0) is 16.7. The molecular formula is C19H30N2O2. The second kappa shape index (κ2) is 8.92. The van der Waals surface area contributed by atoms with Crippen molar-refractivity contribution in [3.05, 3.63) is 29.8 Å². The topological polar surface area (TPSA) is 64.3 Å². The first-order chi connectivity index (χ1) is 11.0. The molecule has 2 rings (SSSR count). The van der Waals surface area contributed by atoms with Crippen LogP contribution in [0.3, 0.4) is 0 Å². The smallest absolute Gasteiger partial charge is 0.223 e. The first-order valence-corrected chi connectivity index (χ1v) is 8.79. The lowest BCUT2D eigenvalue weighted by atomic mass is 9.85. The number of ether oxygens (including phenoxy) is 1. The Hall–Kier alpha value is -1.55. The highest BCUT2D eigenvalue weighted by Crippen LogP contribution is 2.23. The molecule has 0 aliphatic heterocycles. The van der Waals surface area contributed by atoms with Gasteiger partial charge in [0.2, 0.25) is 5.91 Å². The maximum atomic E-state index is 12.2. The molecule has 1 aromatic carbocycles. The Labute approximate surface area is 139 Å². The molecule has 23 heavy (non-hydrogen) atoms. The van der Waals surface area contributed by atoms with E-state index in [1.54, 1.807) is 0 Å². The van der Waals surface area contributed by atoms with Gasteiger partial charge in [-0.25, -0.2) is 0 Å². The molecule has 3 N–H and O–H groups in total. The minimum atomic E-state index is 0.102. The van der Waals surface area contributed by atoms with Gasteiger partial charge >= 0.3 is 0 Å². The number of amides is 1. The van der Waals surface area contributed by atoms with Gasteiger partial charge in [0.05, 0.1) is 6.61 Å². The molecule has 0 radical (unpaired) electrons. The predicted molar refractivity (Wildman–Crippen MR) is 93.4 cm³/mol. The Kier molecular flexibility index (Phi) is 6.90. The largest absolute Gasteiger partial charge is 0.493 e. The van der Waals surface area contributed by atoms with Crippen LogP contribution >= 0.6 is 0 Å². The lowest BCUT2D eigenvalue weighted by molar-refractivity contribution is -0.126. The molecule has 128 valence electrons. The lowest BCUT2D eigenvalue weighted by Crippen LogP contribution is -2.38. The summed E-state index contributed by atoms with van der Waals surface area (Å²) < 4.78 is 5.67. The van der Waals surface area contributed by atoms with Crippen LogP contribution in [-0.4, -0.2) is 25.1 Å². The molecule has 1 saturated carbocycles. The summed E-state index contributed by atoms with van der Waals surface area (Å²) in [5.41, 5.74) is 7.16. The molecule has 4 nitrogen and oxygen atoms in total. The summed E-state index contributed by atoms with van der Waals surface area (Å²) in [4.78, 5) is 12.2. The molecule has 1 fully saturated rings. The van der Waals surface area contributed by atoms with Crippen molar-refractivity contribution >= 4 is 5.91 Å². The van der Waals surface area contributed by atoms with Crippen molar-refractivity contribution in [3.8, 4) is 5.75 Å². The van der Waals surface area contributed by atoms with Crippen LogP contribution in [0.1, 0.15) is 45.1 Å². The van der Waals surface area contributed by atoms with Gasteiger partial charge in [-0.2, -0.15) is 0 Å². The highest BCUT2D eigenvalue weighted by molar-refractivity contribution is 5.78. The lowest BCUT2D eigenvalue weighted by Gasteiger charge is -2.25. The summed E-state index contributed by atoms with van der Waals surface area (Å²) >= 11 is 0. The third kappa shape index (κ3) is 6.22. The van der Waals surface area contributed by atoms with Crippen molar-refractivity contribution in [2.75, 3.05) is 13.2 Å². The van der Waals surface area contributed by atoms with Crippen molar-refractivity contribution < 1.29 is 9.53 Å². The van der Waals surface area contributed by atoms with Crippen molar-refractivity contribution in [2.24, 2.45) is 17.6 Å². The summed E-state index contributed by atoms with van der Waals surface area (Å²) in [6.45, 7) is 5.68. The molecule has 1 aliphatic carbocycles. The average molecular weight is 318 g/mol. The van der Waals surface area contributed by atoms with Crippen LogP contribution in [0.2, 0.25) is 0 Å². The van der Waals surface area contributed by atoms with Crippen LogP contribution in [0.15, 0.2) is 24.3 Å². The summed E-state index contributed by atoms with van der Waals surface area (Å²) in [5.74, 6) is 1.70. The summed E-state index contributed by atoms with van der Waals surface area (Å²) in [5, 5.41) is 3.05. The number of hydrogen-bond donors (Lipinski definition) is 2. The number of benzene rings is 1. The van der Waals surface area contributed by atoms with Gasteiger partial charge in [0, 0.05) is 18.5 Å². The maximum absolute atomic E-state index is 12.2. The van der Waals surface area contributed by atoms with Crippen LogP contribution in [-0.2, 0) is 11.2 Å². The van der Waals surface area contributed by atoms with Crippen LogP contribution in [0, 0.1) is 11.8 Å². The molecule has 0 aromatic heterocycles. The van der Waals surface area contributed by atoms with E-state index in [4.69, 9.17) is 10.5 Å². The van der Waals surface area contributed by atoms with E-state index in [9.17, 15) is 4.79 Å². The number of carbonyl (C=O) groups is 1. The molecular weight excluding hydrogens is 288 g/mol. The summed E-state index contributed by atoms with van der Waals surface area (Å²) in [6, 6.07) is 8.33. The third-order valence-electron chi connectivity index (χ3n) is 4.31. The fraction of sp³-hybridized carbons (Fsp3) is 0.632. The summed E-state index contributed by atoms with van der Waals surface area (Å²) in [7, 11) is 0. The standard InChI is InChI=1S/C19H30N2O2/c1-14(2)13-23-18-8-6-15(7-9-18)10-11-21-19(22)16-4-3-5-17(20)12-16/h6-9,14,16-17H,3-5,10-13,20H2,1-2H3,(H,21,22). The Balaban J connectivity index is 1.70. The van der Waals surface area contributed by atoms with E-state index < -0.39 is 0 Å². The van der Waals surface area contributed by atoms with Crippen LogP contribution in [0.5, 0.6) is 5.75 Å². The zero-order valence-corrected chi connectivity index (χ0v) is 14.4. The zero-order valence-electron chi connectivity index (χ0n) is 14.4. The van der Waals surface area contributed by atoms with Crippen molar-refractivity contribution in [2.45, 2.75) is 52.0 Å². The third-order valence-corrected chi connectivity index (χ3v) is 4.31. The Morgan fingerprint density at radius 3 is 2.70 bits per heavy atom. The monoisotopic (exact) mass is 318 g/mol. The molecule has 0 heterocycles. The molecule has 4 heteroatoms. The molecule has 0 saturated heterocycles. The number of carbonyl (C=O) groups excluding carboxylic acids is 1. The molecule has 0 bridgehead atoms. The van der Waals surface area contributed by atoms with Crippen molar-refractivity contribution in [3.63, 3.8) is 0 Å². The first kappa shape index (κ1) is 17.8. The minimum absolute atomic E-state index is 0.102. The number of nitrogens with one attached hydrogen (secondary N) is 1. The quantitative estimate of drug-likeness (QED) is 0.812. The second-order valence-electron chi connectivity index (χ2n) is 7.01. The summed E-state index contributed by atoms with van der Waals surface area (Å²) in [6.07, 6.45) is 4.76. The Bertz CT molecular complexity index is 485. The fourth-order valence-electron chi connectivity index (χ4n) is 2.96. The van der Waals surface area contributed by atoms with E-state index in [0.717, 1.165) is 44.5 Å². The maximum Gasteiger partial charge on any atom is 0.223 e. The number of rotatable bonds is 7. The van der Waals surface area contributed by atoms with E-state index in [1.807, 2.05) is 12.1 Å². The highest BCUT2D eigenvalue weighted by Gasteiger charge is 2.24. The van der Waals surface area contributed by atoms with Gasteiger partial charge in [-0.1, -0.05) is 32.4 Å². The molecule has 1 aromatic rings. The SMILES string of the molecule is CC(C)COc1ccc(CCNC(=O)C2CCCC(N)C2)cc1. The number of nitrogens with two attached hydrogens (primary N) is 1. The van der Waals surface area contributed by atoms with Gasteiger partial charge in [0.25, 0.3) is 0 Å². The normalized spacial score (nSPS) is 21.2. The van der Waals surface area contributed by atoms with Crippen molar-refractivity contribution in [1.82, 2.24) is 5.32 Å². The van der Waals surface area contributed by atoms with Gasteiger partial charge in [0.15, 0.2) is 0 Å². The van der Waals surface area contributed by atoms with E-state index >= 15 is 0 Å². The van der Waals surface area contributed by atoms with Crippen molar-refractivity contribution in [1.29, 1.82) is 0 Å².